The van der Waals surface area contributed by atoms with Crippen LogP contribution in [0.4, 0.5) is 0 Å². The van der Waals surface area contributed by atoms with E-state index < -0.39 is 0 Å². The van der Waals surface area contributed by atoms with E-state index in [2.05, 4.69) is 36.2 Å². The van der Waals surface area contributed by atoms with Gasteiger partial charge in [-0.15, -0.1) is 21.5 Å². The molecule has 0 fully saturated rings. The molecule has 1 aromatic carbocycles. The molecule has 7 heteroatoms. The van der Waals surface area contributed by atoms with Gasteiger partial charge in [0.2, 0.25) is 5.78 Å². The SMILES string of the molecule is CC(C)C1Cc2c(sc3c2c(=O)n(CCc2ccccc2)c2nncn32)CO1. The summed E-state index contributed by atoms with van der Waals surface area (Å²) in [5.41, 5.74) is 2.39. The van der Waals surface area contributed by atoms with Crippen molar-refractivity contribution in [2.75, 3.05) is 0 Å². The minimum atomic E-state index is 0.0355. The lowest BCUT2D eigenvalue weighted by Gasteiger charge is -2.26. The summed E-state index contributed by atoms with van der Waals surface area (Å²) in [7, 11) is 0. The number of hydrogen-bond acceptors (Lipinski definition) is 5. The third-order valence-corrected chi connectivity index (χ3v) is 6.77. The highest BCUT2D eigenvalue weighted by atomic mass is 32.1. The van der Waals surface area contributed by atoms with E-state index in [1.165, 1.54) is 5.56 Å². The van der Waals surface area contributed by atoms with Gasteiger partial charge in [0.05, 0.1) is 18.1 Å². The van der Waals surface area contributed by atoms with Crippen LogP contribution >= 0.6 is 11.3 Å². The largest absolute Gasteiger partial charge is 0.372 e. The molecule has 0 N–H and O–H groups in total. The van der Waals surface area contributed by atoms with Gasteiger partial charge in [0.25, 0.3) is 5.56 Å². The molecule has 0 bridgehead atoms. The van der Waals surface area contributed by atoms with E-state index in [4.69, 9.17) is 4.74 Å². The van der Waals surface area contributed by atoms with Crippen LogP contribution in [0.15, 0.2) is 41.5 Å². The molecule has 144 valence electrons. The van der Waals surface area contributed by atoms with E-state index in [-0.39, 0.29) is 11.7 Å². The Kier molecular flexibility index (Phi) is 4.29. The highest BCUT2D eigenvalue weighted by Gasteiger charge is 2.28. The Morgan fingerprint density at radius 2 is 2.11 bits per heavy atom. The van der Waals surface area contributed by atoms with Gasteiger partial charge in [-0.2, -0.15) is 0 Å². The first-order chi connectivity index (χ1) is 13.6. The maximum Gasteiger partial charge on any atom is 0.263 e. The van der Waals surface area contributed by atoms with E-state index in [9.17, 15) is 4.79 Å². The topological polar surface area (TPSA) is 61.4 Å². The Balaban J connectivity index is 1.66. The van der Waals surface area contributed by atoms with Crippen molar-refractivity contribution in [2.24, 2.45) is 5.92 Å². The minimum absolute atomic E-state index is 0.0355. The predicted molar refractivity (Wildman–Crippen MR) is 110 cm³/mol. The zero-order valence-corrected chi connectivity index (χ0v) is 16.8. The zero-order chi connectivity index (χ0) is 19.3. The average molecular weight is 395 g/mol. The van der Waals surface area contributed by atoms with Crippen LogP contribution in [0.1, 0.15) is 29.9 Å². The highest BCUT2D eigenvalue weighted by molar-refractivity contribution is 7.18. The van der Waals surface area contributed by atoms with Gasteiger partial charge in [-0.1, -0.05) is 44.2 Å². The van der Waals surface area contributed by atoms with Gasteiger partial charge < -0.3 is 4.74 Å². The number of nitrogens with zero attached hydrogens (tertiary/aromatic N) is 4. The number of ether oxygens (including phenoxy) is 1. The molecule has 1 unspecified atom stereocenters. The minimum Gasteiger partial charge on any atom is -0.372 e. The average Bonchev–Trinajstić information content (AvgIpc) is 3.32. The Morgan fingerprint density at radius 3 is 2.89 bits per heavy atom. The summed E-state index contributed by atoms with van der Waals surface area (Å²) in [5, 5.41) is 9.14. The standard InChI is InChI=1S/C21H22N4O2S/c1-13(2)16-10-15-17(11-27-16)28-20-18(15)19(26)24(21-23-22-12-25(20)21)9-8-14-6-4-3-5-7-14/h3-7,12-13,16H,8-11H2,1-2H3. The van der Waals surface area contributed by atoms with Gasteiger partial charge >= 0.3 is 0 Å². The van der Waals surface area contributed by atoms with Crippen LogP contribution in [-0.4, -0.2) is 25.3 Å². The monoisotopic (exact) mass is 394 g/mol. The normalized spacial score (nSPS) is 16.9. The van der Waals surface area contributed by atoms with Crippen molar-refractivity contribution >= 4 is 27.3 Å². The lowest BCUT2D eigenvalue weighted by Crippen LogP contribution is -2.28. The zero-order valence-electron chi connectivity index (χ0n) is 16.0. The molecular formula is C21H22N4O2S. The van der Waals surface area contributed by atoms with Gasteiger partial charge in [0, 0.05) is 17.8 Å². The molecule has 5 rings (SSSR count). The van der Waals surface area contributed by atoms with Crippen LogP contribution in [0, 0.1) is 5.92 Å². The lowest BCUT2D eigenvalue weighted by molar-refractivity contribution is 0.00200. The molecule has 0 amide bonds. The first-order valence-electron chi connectivity index (χ1n) is 9.66. The molecule has 0 saturated heterocycles. The Morgan fingerprint density at radius 1 is 1.29 bits per heavy atom. The first-order valence-corrected chi connectivity index (χ1v) is 10.5. The molecule has 28 heavy (non-hydrogen) atoms. The van der Waals surface area contributed by atoms with Crippen LogP contribution in [-0.2, 0) is 30.7 Å². The van der Waals surface area contributed by atoms with Crippen molar-refractivity contribution in [2.45, 2.75) is 45.9 Å². The Hall–Kier alpha value is -2.51. The van der Waals surface area contributed by atoms with Gasteiger partial charge in [-0.25, -0.2) is 0 Å². The third kappa shape index (κ3) is 2.77. The molecule has 1 aliphatic rings. The van der Waals surface area contributed by atoms with Gasteiger partial charge in [0.15, 0.2) is 0 Å². The molecule has 4 aromatic rings. The summed E-state index contributed by atoms with van der Waals surface area (Å²) in [4.78, 5) is 15.6. The second-order valence-corrected chi connectivity index (χ2v) is 8.76. The summed E-state index contributed by atoms with van der Waals surface area (Å²) >= 11 is 1.63. The molecule has 4 heterocycles. The van der Waals surface area contributed by atoms with E-state index >= 15 is 0 Å². The Bertz CT molecular complexity index is 1210. The van der Waals surface area contributed by atoms with E-state index in [0.29, 0.717) is 24.8 Å². The fourth-order valence-electron chi connectivity index (χ4n) is 3.96. The van der Waals surface area contributed by atoms with Crippen LogP contribution in [0.3, 0.4) is 0 Å². The number of thiophene rings is 1. The molecule has 0 aliphatic carbocycles. The van der Waals surface area contributed by atoms with E-state index in [0.717, 1.165) is 33.5 Å². The Labute approximate surface area is 166 Å². The van der Waals surface area contributed by atoms with Crippen molar-refractivity contribution in [3.63, 3.8) is 0 Å². The summed E-state index contributed by atoms with van der Waals surface area (Å²) in [6, 6.07) is 10.2. The molecule has 6 nitrogen and oxygen atoms in total. The smallest absolute Gasteiger partial charge is 0.263 e. The van der Waals surface area contributed by atoms with Gasteiger partial charge in [-0.05, 0) is 23.5 Å². The molecule has 3 aromatic heterocycles. The number of fused-ring (bicyclic) bond motifs is 5. The van der Waals surface area contributed by atoms with Crippen molar-refractivity contribution in [3.05, 3.63) is 63.0 Å². The van der Waals surface area contributed by atoms with E-state index in [1.807, 2.05) is 22.6 Å². The maximum atomic E-state index is 13.5. The fraction of sp³-hybridized carbons (Fsp3) is 0.381. The van der Waals surface area contributed by atoms with Crippen molar-refractivity contribution in [1.82, 2.24) is 19.2 Å². The molecule has 0 spiro atoms. The van der Waals surface area contributed by atoms with E-state index in [1.54, 1.807) is 22.2 Å². The number of rotatable bonds is 4. The summed E-state index contributed by atoms with van der Waals surface area (Å²) in [6.07, 6.45) is 3.42. The second-order valence-electron chi connectivity index (χ2n) is 7.67. The van der Waals surface area contributed by atoms with Crippen LogP contribution in [0.5, 0.6) is 0 Å². The second kappa shape index (κ2) is 6.83. The summed E-state index contributed by atoms with van der Waals surface area (Å²) < 4.78 is 9.75. The third-order valence-electron chi connectivity index (χ3n) is 5.57. The van der Waals surface area contributed by atoms with Crippen molar-refractivity contribution in [1.29, 1.82) is 0 Å². The summed E-state index contributed by atoms with van der Waals surface area (Å²) in [5.74, 6) is 1.02. The van der Waals surface area contributed by atoms with Crippen molar-refractivity contribution < 1.29 is 4.74 Å². The van der Waals surface area contributed by atoms with Crippen LogP contribution < -0.4 is 5.56 Å². The molecule has 0 saturated carbocycles. The lowest BCUT2D eigenvalue weighted by atomic mass is 9.96. The molecular weight excluding hydrogens is 372 g/mol. The quantitative estimate of drug-likeness (QED) is 0.532. The number of benzene rings is 1. The first kappa shape index (κ1) is 17.6. The fourth-order valence-corrected chi connectivity index (χ4v) is 5.17. The van der Waals surface area contributed by atoms with Crippen molar-refractivity contribution in [3.8, 4) is 0 Å². The van der Waals surface area contributed by atoms with Crippen LogP contribution in [0.25, 0.3) is 16.0 Å². The van der Waals surface area contributed by atoms with Crippen LogP contribution in [0.2, 0.25) is 0 Å². The van der Waals surface area contributed by atoms with Gasteiger partial charge in [-0.3, -0.25) is 13.8 Å². The number of hydrogen-bond donors (Lipinski definition) is 0. The highest BCUT2D eigenvalue weighted by Crippen LogP contribution is 2.35. The molecule has 1 aliphatic heterocycles. The van der Waals surface area contributed by atoms with Gasteiger partial charge in [0.1, 0.15) is 11.2 Å². The summed E-state index contributed by atoms with van der Waals surface area (Å²) in [6.45, 7) is 5.49. The number of aryl methyl sites for hydroxylation is 2. The molecule has 1 atom stereocenters. The maximum absolute atomic E-state index is 13.5. The number of aromatic nitrogens is 4. The molecule has 0 radical (unpaired) electrons. The predicted octanol–water partition coefficient (Wildman–Crippen LogP) is 3.45.